The maximum Gasteiger partial charge on any atom is 0.340 e. The number of rotatable bonds is 10. The van der Waals surface area contributed by atoms with Gasteiger partial charge in [-0.1, -0.05) is 55.5 Å². The van der Waals surface area contributed by atoms with Gasteiger partial charge in [0.15, 0.2) is 6.61 Å². The van der Waals surface area contributed by atoms with Crippen LogP contribution in [0.4, 0.5) is 11.4 Å². The summed E-state index contributed by atoms with van der Waals surface area (Å²) in [5, 5.41) is 5.51. The normalized spacial score (nSPS) is 10.3. The standard InChI is InChI=1S/C28H29N3O5/c1-3-17-31(18-25(32)29-23-15-9-7-11-20(23)2)26(33)19-36-28(35)22-14-8-10-16-24(22)30-27(34)21-12-5-4-6-13-21/h4-16H,3,17-19H2,1-2H3,(H,29,32)(H,30,34). The van der Waals surface area contributed by atoms with E-state index in [1.807, 2.05) is 32.0 Å². The van der Waals surface area contributed by atoms with Crippen molar-refractivity contribution in [3.8, 4) is 0 Å². The molecule has 186 valence electrons. The highest BCUT2D eigenvalue weighted by molar-refractivity contribution is 6.08. The first-order chi connectivity index (χ1) is 17.4. The summed E-state index contributed by atoms with van der Waals surface area (Å²) in [7, 11) is 0. The molecule has 0 unspecified atom stereocenters. The molecule has 0 radical (unpaired) electrons. The van der Waals surface area contributed by atoms with Gasteiger partial charge < -0.3 is 20.3 Å². The molecule has 0 aliphatic rings. The van der Waals surface area contributed by atoms with Crippen LogP contribution in [0.5, 0.6) is 0 Å². The van der Waals surface area contributed by atoms with E-state index in [2.05, 4.69) is 10.6 Å². The minimum Gasteiger partial charge on any atom is -0.452 e. The summed E-state index contributed by atoms with van der Waals surface area (Å²) in [4.78, 5) is 51.9. The Morgan fingerprint density at radius 2 is 1.44 bits per heavy atom. The molecule has 2 N–H and O–H groups in total. The number of hydrogen-bond acceptors (Lipinski definition) is 5. The molecule has 0 saturated carbocycles. The molecule has 3 aromatic rings. The van der Waals surface area contributed by atoms with Crippen molar-refractivity contribution in [2.24, 2.45) is 0 Å². The fourth-order valence-electron chi connectivity index (χ4n) is 3.49. The maximum atomic E-state index is 12.8. The average Bonchev–Trinajstić information content (AvgIpc) is 2.89. The lowest BCUT2D eigenvalue weighted by Gasteiger charge is -2.22. The molecule has 0 aliphatic carbocycles. The second kappa shape index (κ2) is 12.9. The van der Waals surface area contributed by atoms with Crippen molar-refractivity contribution in [3.63, 3.8) is 0 Å². The number of nitrogens with one attached hydrogen (secondary N) is 2. The third-order valence-electron chi connectivity index (χ3n) is 5.36. The third kappa shape index (κ3) is 7.27. The number of benzene rings is 3. The minimum atomic E-state index is -0.756. The number of ether oxygens (including phenoxy) is 1. The first-order valence-electron chi connectivity index (χ1n) is 11.6. The van der Waals surface area contributed by atoms with Gasteiger partial charge in [-0.2, -0.15) is 0 Å². The summed E-state index contributed by atoms with van der Waals surface area (Å²) in [6.45, 7) is 3.41. The van der Waals surface area contributed by atoms with Gasteiger partial charge in [0.05, 0.1) is 17.8 Å². The summed E-state index contributed by atoms with van der Waals surface area (Å²) >= 11 is 0. The van der Waals surface area contributed by atoms with Crippen LogP contribution in [0.25, 0.3) is 0 Å². The number of nitrogens with zero attached hydrogens (tertiary/aromatic N) is 1. The van der Waals surface area contributed by atoms with Crippen LogP contribution in [0.2, 0.25) is 0 Å². The zero-order valence-electron chi connectivity index (χ0n) is 20.3. The molecule has 0 heterocycles. The van der Waals surface area contributed by atoms with Gasteiger partial charge >= 0.3 is 5.97 Å². The zero-order valence-corrected chi connectivity index (χ0v) is 20.3. The Hall–Kier alpha value is -4.46. The van der Waals surface area contributed by atoms with Crippen molar-refractivity contribution in [2.75, 3.05) is 30.3 Å². The van der Waals surface area contributed by atoms with Crippen molar-refractivity contribution in [1.29, 1.82) is 0 Å². The van der Waals surface area contributed by atoms with Crippen LogP contribution in [0.3, 0.4) is 0 Å². The molecule has 3 rings (SSSR count). The third-order valence-corrected chi connectivity index (χ3v) is 5.36. The molecule has 0 bridgehead atoms. The van der Waals surface area contributed by atoms with Crippen molar-refractivity contribution in [3.05, 3.63) is 95.6 Å². The molecular weight excluding hydrogens is 458 g/mol. The largest absolute Gasteiger partial charge is 0.452 e. The quantitative estimate of drug-likeness (QED) is 0.415. The predicted octanol–water partition coefficient (Wildman–Crippen LogP) is 4.28. The van der Waals surface area contributed by atoms with Gasteiger partial charge in [-0.3, -0.25) is 14.4 Å². The maximum absolute atomic E-state index is 12.8. The van der Waals surface area contributed by atoms with Crippen LogP contribution in [-0.4, -0.2) is 48.3 Å². The number of carbonyl (C=O) groups excluding carboxylic acids is 4. The van der Waals surface area contributed by atoms with E-state index >= 15 is 0 Å². The Labute approximate surface area is 210 Å². The molecule has 0 spiro atoms. The summed E-state index contributed by atoms with van der Waals surface area (Å²) in [6.07, 6.45) is 0.631. The Morgan fingerprint density at radius 3 is 2.14 bits per heavy atom. The summed E-state index contributed by atoms with van der Waals surface area (Å²) in [6, 6.07) is 22.4. The van der Waals surface area contributed by atoms with Gasteiger partial charge in [0.25, 0.3) is 11.8 Å². The van der Waals surface area contributed by atoms with Crippen LogP contribution < -0.4 is 10.6 Å². The number of hydrogen-bond donors (Lipinski definition) is 2. The van der Waals surface area contributed by atoms with Crippen molar-refractivity contribution < 1.29 is 23.9 Å². The lowest BCUT2D eigenvalue weighted by molar-refractivity contribution is -0.137. The monoisotopic (exact) mass is 487 g/mol. The van der Waals surface area contributed by atoms with E-state index in [-0.39, 0.29) is 29.6 Å². The SMILES string of the molecule is CCCN(CC(=O)Nc1ccccc1C)C(=O)COC(=O)c1ccccc1NC(=O)c1ccccc1. The lowest BCUT2D eigenvalue weighted by Crippen LogP contribution is -2.40. The van der Waals surface area contributed by atoms with Gasteiger partial charge in [0, 0.05) is 17.8 Å². The molecule has 3 amide bonds. The fourth-order valence-corrected chi connectivity index (χ4v) is 3.49. The Kier molecular flexibility index (Phi) is 9.33. The van der Waals surface area contributed by atoms with Crippen molar-refractivity contribution >= 4 is 35.1 Å². The van der Waals surface area contributed by atoms with E-state index in [0.717, 1.165) is 5.56 Å². The van der Waals surface area contributed by atoms with E-state index in [1.54, 1.807) is 54.6 Å². The topological polar surface area (TPSA) is 105 Å². The molecule has 0 aliphatic heterocycles. The number of amides is 3. The van der Waals surface area contributed by atoms with Crippen LogP contribution in [0.15, 0.2) is 78.9 Å². The molecule has 0 saturated heterocycles. The molecule has 0 atom stereocenters. The molecule has 36 heavy (non-hydrogen) atoms. The van der Waals surface area contributed by atoms with Gasteiger partial charge in [0.1, 0.15) is 0 Å². The first-order valence-corrected chi connectivity index (χ1v) is 11.6. The fraction of sp³-hybridized carbons (Fsp3) is 0.214. The molecule has 0 aromatic heterocycles. The van der Waals surface area contributed by atoms with Gasteiger partial charge in [-0.05, 0) is 49.2 Å². The Balaban J connectivity index is 1.60. The summed E-state index contributed by atoms with van der Waals surface area (Å²) in [5.74, 6) is -1.96. The highest BCUT2D eigenvalue weighted by atomic mass is 16.5. The van der Waals surface area contributed by atoms with E-state index in [9.17, 15) is 19.2 Å². The van der Waals surface area contributed by atoms with Crippen LogP contribution in [0, 0.1) is 6.92 Å². The Bertz CT molecular complexity index is 1230. The van der Waals surface area contributed by atoms with E-state index in [4.69, 9.17) is 4.74 Å². The van der Waals surface area contributed by atoms with E-state index in [0.29, 0.717) is 24.2 Å². The Morgan fingerprint density at radius 1 is 0.806 bits per heavy atom. The number of anilines is 2. The van der Waals surface area contributed by atoms with Crippen LogP contribution >= 0.6 is 0 Å². The van der Waals surface area contributed by atoms with Gasteiger partial charge in [-0.25, -0.2) is 4.79 Å². The van der Waals surface area contributed by atoms with Gasteiger partial charge in [-0.15, -0.1) is 0 Å². The molecule has 8 heteroatoms. The van der Waals surface area contributed by atoms with E-state index in [1.165, 1.54) is 11.0 Å². The van der Waals surface area contributed by atoms with Crippen molar-refractivity contribution in [2.45, 2.75) is 20.3 Å². The molecule has 0 fully saturated rings. The molecule has 8 nitrogen and oxygen atoms in total. The van der Waals surface area contributed by atoms with Crippen LogP contribution in [0.1, 0.15) is 39.6 Å². The van der Waals surface area contributed by atoms with Gasteiger partial charge in [0.2, 0.25) is 5.91 Å². The number of aryl methyl sites for hydroxylation is 1. The minimum absolute atomic E-state index is 0.119. The van der Waals surface area contributed by atoms with Crippen LogP contribution in [-0.2, 0) is 14.3 Å². The molecular formula is C28H29N3O5. The number of para-hydroxylation sites is 2. The number of carbonyl (C=O) groups is 4. The average molecular weight is 488 g/mol. The smallest absolute Gasteiger partial charge is 0.340 e. The zero-order chi connectivity index (χ0) is 25.9. The molecule has 3 aromatic carbocycles. The second-order valence-corrected chi connectivity index (χ2v) is 8.12. The predicted molar refractivity (Wildman–Crippen MR) is 138 cm³/mol. The summed E-state index contributed by atoms with van der Waals surface area (Å²) < 4.78 is 5.25. The van der Waals surface area contributed by atoms with Crippen molar-refractivity contribution in [1.82, 2.24) is 4.90 Å². The van der Waals surface area contributed by atoms with E-state index < -0.39 is 18.5 Å². The number of esters is 1. The second-order valence-electron chi connectivity index (χ2n) is 8.12. The summed E-state index contributed by atoms with van der Waals surface area (Å²) in [5.41, 5.74) is 2.41. The first kappa shape index (κ1) is 26.2. The highest BCUT2D eigenvalue weighted by Gasteiger charge is 2.21. The highest BCUT2D eigenvalue weighted by Crippen LogP contribution is 2.18. The lowest BCUT2D eigenvalue weighted by atomic mass is 10.1.